The predicted octanol–water partition coefficient (Wildman–Crippen LogP) is 3.17. The molecule has 3 nitrogen and oxygen atoms in total. The van der Waals surface area contributed by atoms with Crippen molar-refractivity contribution in [2.75, 3.05) is 0 Å². The fraction of sp³-hybridized carbons (Fsp3) is 0.250. The molecule has 2 rings (SSSR count). The van der Waals surface area contributed by atoms with Crippen LogP contribution in [0.5, 0.6) is 0 Å². The maximum atomic E-state index is 5.78. The summed E-state index contributed by atoms with van der Waals surface area (Å²) >= 11 is 9.00. The van der Waals surface area contributed by atoms with Gasteiger partial charge in [0, 0.05) is 18.6 Å². The molecule has 0 aliphatic heterocycles. The van der Waals surface area contributed by atoms with Gasteiger partial charge in [-0.25, -0.2) is 9.97 Å². The van der Waals surface area contributed by atoms with Crippen LogP contribution in [0.3, 0.4) is 0 Å². The molecule has 0 fully saturated rings. The summed E-state index contributed by atoms with van der Waals surface area (Å²) in [5.41, 5.74) is 0.676. The van der Waals surface area contributed by atoms with Crippen LogP contribution in [-0.4, -0.2) is 14.4 Å². The van der Waals surface area contributed by atoms with Gasteiger partial charge >= 0.3 is 0 Å². The zero-order chi connectivity index (χ0) is 9.84. The molecule has 0 N–H and O–H groups in total. The molecule has 0 saturated carbocycles. The topological polar surface area (TPSA) is 30.2 Å². The highest BCUT2D eigenvalue weighted by Crippen LogP contribution is 2.15. The molecule has 0 unspecified atom stereocenters. The summed E-state index contributed by atoms with van der Waals surface area (Å²) in [4.78, 5) is 7.98. The molecule has 5 heteroatoms. The van der Waals surface area contributed by atoms with Crippen molar-refractivity contribution < 1.29 is 0 Å². The van der Waals surface area contributed by atoms with Gasteiger partial charge in [0.15, 0.2) is 10.8 Å². The Hall–Kier alpha value is -0.610. The number of aromatic nitrogens is 3. The van der Waals surface area contributed by atoms with Gasteiger partial charge in [-0.1, -0.05) is 25.4 Å². The Bertz CT molecular complexity index is 399. The van der Waals surface area contributed by atoms with Crippen molar-refractivity contribution in [3.05, 3.63) is 28.3 Å². The largest absolute Gasteiger partial charge is 0.302 e. The summed E-state index contributed by atoms with van der Waals surface area (Å²) in [7, 11) is 0. The lowest BCUT2D eigenvalue weighted by atomic mass is 10.7. The van der Waals surface area contributed by atoms with E-state index < -0.39 is 0 Å². The Morgan fingerprint density at radius 2 is 2.15 bits per heavy atom. The summed E-state index contributed by atoms with van der Waals surface area (Å²) < 4.78 is 2.51. The molecule has 13 heavy (non-hydrogen) atoms. The third kappa shape index (κ3) is 2.19. The SMILES string of the molecule is CC.Clc1nc(Br)cn2ccnc12. The number of imidazole rings is 1. The molecule has 0 aromatic carbocycles. The molecule has 2 aromatic rings. The minimum atomic E-state index is 0.407. The van der Waals surface area contributed by atoms with Crippen molar-refractivity contribution >= 4 is 33.2 Å². The Kier molecular flexibility index (Phi) is 3.69. The van der Waals surface area contributed by atoms with Crippen LogP contribution >= 0.6 is 27.5 Å². The van der Waals surface area contributed by atoms with Crippen LogP contribution in [0.25, 0.3) is 5.65 Å². The van der Waals surface area contributed by atoms with Gasteiger partial charge in [-0.15, -0.1) is 0 Å². The minimum Gasteiger partial charge on any atom is -0.302 e. The molecular formula is C8H9BrClN3. The molecule has 0 aliphatic rings. The van der Waals surface area contributed by atoms with Crippen molar-refractivity contribution in [2.24, 2.45) is 0 Å². The van der Waals surface area contributed by atoms with Gasteiger partial charge in [0.25, 0.3) is 0 Å². The Labute approximate surface area is 89.9 Å². The smallest absolute Gasteiger partial charge is 0.174 e. The number of hydrogen-bond acceptors (Lipinski definition) is 2. The monoisotopic (exact) mass is 261 g/mol. The first-order valence-corrected chi connectivity index (χ1v) is 5.09. The highest BCUT2D eigenvalue weighted by molar-refractivity contribution is 9.10. The maximum absolute atomic E-state index is 5.78. The molecule has 0 saturated heterocycles. The van der Waals surface area contributed by atoms with E-state index in [1.54, 1.807) is 16.8 Å². The molecule has 0 aliphatic carbocycles. The fourth-order valence-electron chi connectivity index (χ4n) is 0.864. The molecular weight excluding hydrogens is 253 g/mol. The fourth-order valence-corrected chi connectivity index (χ4v) is 1.60. The quantitative estimate of drug-likeness (QED) is 0.730. The van der Waals surface area contributed by atoms with Gasteiger partial charge in [-0.2, -0.15) is 0 Å². The van der Waals surface area contributed by atoms with E-state index in [4.69, 9.17) is 11.6 Å². The van der Waals surface area contributed by atoms with E-state index in [0.717, 1.165) is 0 Å². The zero-order valence-electron chi connectivity index (χ0n) is 7.33. The van der Waals surface area contributed by atoms with Crippen LogP contribution in [0.1, 0.15) is 13.8 Å². The number of fused-ring (bicyclic) bond motifs is 1. The standard InChI is InChI=1S/C6H3BrClN3.C2H6/c7-4-3-11-2-1-9-6(11)5(8)10-4;1-2/h1-3H;1-2H3. The van der Waals surface area contributed by atoms with Gasteiger partial charge in [0.05, 0.1) is 0 Å². The van der Waals surface area contributed by atoms with E-state index in [2.05, 4.69) is 25.9 Å². The second kappa shape index (κ2) is 4.58. The molecule has 0 atom stereocenters. The lowest BCUT2D eigenvalue weighted by Crippen LogP contribution is -1.87. The van der Waals surface area contributed by atoms with Gasteiger partial charge in [-0.05, 0) is 15.9 Å². The van der Waals surface area contributed by atoms with Gasteiger partial charge in [-0.3, -0.25) is 0 Å². The van der Waals surface area contributed by atoms with E-state index in [-0.39, 0.29) is 0 Å². The second-order valence-corrected chi connectivity index (χ2v) is 3.18. The van der Waals surface area contributed by atoms with Crippen LogP contribution in [0.2, 0.25) is 5.15 Å². The zero-order valence-corrected chi connectivity index (χ0v) is 9.67. The Balaban J connectivity index is 0.000000396. The first-order valence-electron chi connectivity index (χ1n) is 3.92. The Morgan fingerprint density at radius 3 is 2.85 bits per heavy atom. The molecule has 0 radical (unpaired) electrons. The van der Waals surface area contributed by atoms with E-state index >= 15 is 0 Å². The molecule has 0 amide bonds. The number of hydrogen-bond donors (Lipinski definition) is 0. The third-order valence-corrected chi connectivity index (χ3v) is 1.94. The van der Waals surface area contributed by atoms with Gasteiger partial charge in [0.2, 0.25) is 0 Å². The lowest BCUT2D eigenvalue weighted by Gasteiger charge is -1.95. The normalized spacial score (nSPS) is 9.54. The number of halogens is 2. The predicted molar refractivity (Wildman–Crippen MR) is 57.0 cm³/mol. The van der Waals surface area contributed by atoms with Crippen LogP contribution in [0.4, 0.5) is 0 Å². The molecule has 70 valence electrons. The molecule has 0 spiro atoms. The number of nitrogens with zero attached hydrogens (tertiary/aromatic N) is 3. The molecule has 2 aromatic heterocycles. The molecule has 2 heterocycles. The van der Waals surface area contributed by atoms with Crippen LogP contribution in [-0.2, 0) is 0 Å². The van der Waals surface area contributed by atoms with E-state index in [1.807, 2.05) is 20.0 Å². The minimum absolute atomic E-state index is 0.407. The summed E-state index contributed by atoms with van der Waals surface area (Å²) in [5, 5.41) is 0.407. The average molecular weight is 263 g/mol. The summed E-state index contributed by atoms with van der Waals surface area (Å²) in [6, 6.07) is 0. The average Bonchev–Trinajstić information content (AvgIpc) is 2.55. The van der Waals surface area contributed by atoms with Crippen molar-refractivity contribution in [2.45, 2.75) is 13.8 Å². The number of rotatable bonds is 0. The lowest BCUT2D eigenvalue weighted by molar-refractivity contribution is 1.10. The molecule has 0 bridgehead atoms. The van der Waals surface area contributed by atoms with Crippen molar-refractivity contribution in [1.82, 2.24) is 14.4 Å². The van der Waals surface area contributed by atoms with Gasteiger partial charge in [0.1, 0.15) is 4.60 Å². The highest BCUT2D eigenvalue weighted by Gasteiger charge is 2.01. The summed E-state index contributed by atoms with van der Waals surface area (Å²) in [6.45, 7) is 4.00. The summed E-state index contributed by atoms with van der Waals surface area (Å²) in [5.74, 6) is 0. The highest BCUT2D eigenvalue weighted by atomic mass is 79.9. The van der Waals surface area contributed by atoms with Gasteiger partial charge < -0.3 is 4.40 Å². The van der Waals surface area contributed by atoms with E-state index in [9.17, 15) is 0 Å². The van der Waals surface area contributed by atoms with Crippen LogP contribution < -0.4 is 0 Å². The third-order valence-electron chi connectivity index (χ3n) is 1.30. The van der Waals surface area contributed by atoms with E-state index in [0.29, 0.717) is 15.4 Å². The first-order chi connectivity index (χ1) is 6.27. The first kappa shape index (κ1) is 10.5. The maximum Gasteiger partial charge on any atom is 0.174 e. The summed E-state index contributed by atoms with van der Waals surface area (Å²) in [6.07, 6.45) is 5.29. The van der Waals surface area contributed by atoms with Crippen molar-refractivity contribution in [3.8, 4) is 0 Å². The van der Waals surface area contributed by atoms with Crippen molar-refractivity contribution in [3.63, 3.8) is 0 Å². The van der Waals surface area contributed by atoms with Crippen LogP contribution in [0, 0.1) is 0 Å². The van der Waals surface area contributed by atoms with Crippen molar-refractivity contribution in [1.29, 1.82) is 0 Å². The Morgan fingerprint density at radius 1 is 1.46 bits per heavy atom. The second-order valence-electron chi connectivity index (χ2n) is 2.01. The van der Waals surface area contributed by atoms with E-state index in [1.165, 1.54) is 0 Å². The van der Waals surface area contributed by atoms with Crippen LogP contribution in [0.15, 0.2) is 23.2 Å².